The maximum absolute atomic E-state index is 13.9. The third-order valence-electron chi connectivity index (χ3n) is 9.21. The molecule has 4 aliphatic rings. The van der Waals surface area contributed by atoms with Crippen LogP contribution in [0, 0.1) is 0 Å². The van der Waals surface area contributed by atoms with E-state index in [1.807, 2.05) is 0 Å². The number of Topliss-reactive ketones (excluding diaryl/α,β-unsaturated/α-hetero) is 1. The zero-order valence-corrected chi connectivity index (χ0v) is 32.7. The van der Waals surface area contributed by atoms with Crippen LogP contribution in [0.1, 0.15) is 20.3 Å². The van der Waals surface area contributed by atoms with E-state index in [0.29, 0.717) is 10.1 Å². The van der Waals surface area contributed by atoms with Gasteiger partial charge >= 0.3 is 0 Å². The predicted molar refractivity (Wildman–Crippen MR) is 203 cm³/mol. The van der Waals surface area contributed by atoms with Gasteiger partial charge in [0.1, 0.15) is 66.2 Å². The highest BCUT2D eigenvalue weighted by atomic mass is 35.5. The number of ketones is 1. The van der Waals surface area contributed by atoms with E-state index in [9.17, 15) is 45.0 Å². The smallest absolute Gasteiger partial charge is 0.264 e. The highest BCUT2D eigenvalue weighted by molar-refractivity contribution is 6.31. The van der Waals surface area contributed by atoms with Crippen LogP contribution in [0.25, 0.3) is 0 Å². The van der Waals surface area contributed by atoms with Crippen molar-refractivity contribution in [3.8, 4) is 0 Å². The Bertz CT molecular complexity index is 1690. The van der Waals surface area contributed by atoms with Gasteiger partial charge in [-0.25, -0.2) is 0 Å². The number of primary amides is 1. The molecule has 8 N–H and O–H groups in total. The number of methoxy groups -OCH3 is 1. The molecule has 0 spiro atoms. The molecule has 4 rings (SSSR count). The number of amides is 2. The van der Waals surface area contributed by atoms with Crippen LogP contribution in [0.3, 0.4) is 0 Å². The Morgan fingerprint density at radius 1 is 0.842 bits per heavy atom. The molecule has 4 aliphatic heterocycles. The lowest BCUT2D eigenvalue weighted by Crippen LogP contribution is -2.65. The summed E-state index contributed by atoms with van der Waals surface area (Å²) in [5.41, 5.74) is 4.70. The van der Waals surface area contributed by atoms with Crippen molar-refractivity contribution >= 4 is 40.8 Å². The van der Waals surface area contributed by atoms with E-state index in [0.717, 1.165) is 11.0 Å². The van der Waals surface area contributed by atoms with Gasteiger partial charge in [-0.1, -0.05) is 71.8 Å². The Kier molecular flexibility index (Phi) is 17.4. The molecular formula is C38H48Cl2N2O15. The zero-order chi connectivity index (χ0) is 42.0. The third kappa shape index (κ3) is 11.8. The number of hydrogen-bond donors (Lipinski definition) is 7. The number of nitrogens with two attached hydrogens (primary N) is 1. The first kappa shape index (κ1) is 46.2. The predicted octanol–water partition coefficient (Wildman–Crippen LogP) is 0.547. The fourth-order valence-corrected chi connectivity index (χ4v) is 6.48. The third-order valence-corrected chi connectivity index (χ3v) is 9.58. The molecule has 57 heavy (non-hydrogen) atoms. The van der Waals surface area contributed by atoms with E-state index in [2.05, 4.69) is 0 Å². The van der Waals surface area contributed by atoms with Crippen LogP contribution >= 0.6 is 23.2 Å². The number of carbonyl (C=O) groups is 3. The zero-order valence-electron chi connectivity index (χ0n) is 31.2. The summed E-state index contributed by atoms with van der Waals surface area (Å²) in [4.78, 5) is 40.3. The summed E-state index contributed by atoms with van der Waals surface area (Å²) in [6, 6.07) is -1.63. The summed E-state index contributed by atoms with van der Waals surface area (Å²) in [7, 11) is 1.34. The summed E-state index contributed by atoms with van der Waals surface area (Å²) in [6.07, 6.45) is 1.22. The molecule has 13 atom stereocenters. The number of hydrogen-bond acceptors (Lipinski definition) is 15. The van der Waals surface area contributed by atoms with Gasteiger partial charge in [0.2, 0.25) is 5.91 Å². The van der Waals surface area contributed by atoms with Crippen molar-refractivity contribution in [1.82, 2.24) is 4.90 Å². The Morgan fingerprint density at radius 3 is 2.18 bits per heavy atom. The first-order valence-corrected chi connectivity index (χ1v) is 18.6. The van der Waals surface area contributed by atoms with Crippen molar-refractivity contribution in [2.45, 2.75) is 100 Å². The van der Waals surface area contributed by atoms with Crippen molar-refractivity contribution in [2.24, 2.45) is 5.73 Å². The number of aliphatic hydroxyl groups excluding tert-OH is 6. The molecule has 0 bridgehead atoms. The quantitative estimate of drug-likeness (QED) is 0.0514. The van der Waals surface area contributed by atoms with Gasteiger partial charge in [-0.3, -0.25) is 19.3 Å². The van der Waals surface area contributed by atoms with Gasteiger partial charge in [0.25, 0.3) is 5.91 Å². The maximum atomic E-state index is 13.9. The van der Waals surface area contributed by atoms with E-state index in [1.54, 1.807) is 68.5 Å². The second-order valence-electron chi connectivity index (χ2n) is 13.3. The van der Waals surface area contributed by atoms with E-state index in [4.69, 9.17) is 57.4 Å². The Labute approximate surface area is 338 Å². The lowest BCUT2D eigenvalue weighted by molar-refractivity contribution is -0.338. The molecule has 0 aromatic carbocycles. The standard InChI is InChI=1S/C38H48Cl2N2O15/c1-19(39)12-8-7-10-14-21(40)13-9-5-4-6-11-15-23(43)27-29(47)22(16-26(41)45)42(35(27)51)36-33(30(48)24(44)17-53-36)57-37-32(50)31(49)25(18-54-37)56-38-34(52-3)28(46)20(2)55-38/h4-15,20,22,24-25,28,30-34,36-38,43-44,46,48-50H,16-18H2,1-3H3,(H2,41,45)/b6-4+,8-7+,9-5+,14-10+,15-11+,19-12-,21-13-,27-23-/t20-,22+,24-,25-,28-,30-,31+,32+,33+,34+,36?,37+,38+/m1/s1. The molecule has 19 heteroatoms. The van der Waals surface area contributed by atoms with Crippen molar-refractivity contribution in [1.29, 1.82) is 0 Å². The molecule has 2 amide bonds. The van der Waals surface area contributed by atoms with Crippen molar-refractivity contribution in [3.05, 3.63) is 94.3 Å². The minimum Gasteiger partial charge on any atom is -0.507 e. The van der Waals surface area contributed by atoms with E-state index < -0.39 is 128 Å². The molecule has 1 unspecified atom stereocenters. The second kappa shape index (κ2) is 21.5. The summed E-state index contributed by atoms with van der Waals surface area (Å²) >= 11 is 11.9. The molecule has 4 heterocycles. The van der Waals surface area contributed by atoms with Crippen LogP contribution in [0.4, 0.5) is 0 Å². The molecule has 0 aromatic heterocycles. The van der Waals surface area contributed by atoms with Crippen molar-refractivity contribution < 1.29 is 73.4 Å². The van der Waals surface area contributed by atoms with Crippen LogP contribution in [0.15, 0.2) is 94.3 Å². The topological polar surface area (TPSA) is 257 Å². The van der Waals surface area contributed by atoms with Crippen molar-refractivity contribution in [2.75, 3.05) is 20.3 Å². The normalized spacial score (nSPS) is 37.0. The van der Waals surface area contributed by atoms with Gasteiger partial charge < -0.3 is 64.8 Å². The van der Waals surface area contributed by atoms with Crippen LogP contribution in [-0.2, 0) is 42.8 Å². The summed E-state index contributed by atoms with van der Waals surface area (Å²) in [5.74, 6) is -3.85. The van der Waals surface area contributed by atoms with Gasteiger partial charge in [0.05, 0.1) is 25.7 Å². The van der Waals surface area contributed by atoms with E-state index in [1.165, 1.54) is 19.3 Å². The first-order chi connectivity index (χ1) is 27.1. The fraction of sp³-hybridized carbons (Fsp3) is 0.500. The second-order valence-corrected chi connectivity index (χ2v) is 14.4. The maximum Gasteiger partial charge on any atom is 0.264 e. The molecule has 314 valence electrons. The number of carbonyl (C=O) groups excluding carboxylic acids is 3. The van der Waals surface area contributed by atoms with Crippen LogP contribution in [0.5, 0.6) is 0 Å². The number of aliphatic hydroxyl groups is 6. The number of allylic oxidation sites excluding steroid dienone is 14. The Balaban J connectivity index is 1.48. The fourth-order valence-electron chi connectivity index (χ4n) is 6.26. The Morgan fingerprint density at radius 2 is 1.49 bits per heavy atom. The minimum absolute atomic E-state index is 0.406. The van der Waals surface area contributed by atoms with Crippen LogP contribution in [-0.4, -0.2) is 153 Å². The Hall–Kier alpha value is -3.53. The molecule has 4 fully saturated rings. The number of nitrogens with zero attached hydrogens (tertiary/aromatic N) is 1. The highest BCUT2D eigenvalue weighted by Gasteiger charge is 2.56. The number of halogens is 2. The van der Waals surface area contributed by atoms with Gasteiger partial charge in [-0.15, -0.1) is 0 Å². The van der Waals surface area contributed by atoms with Gasteiger partial charge in [0.15, 0.2) is 24.6 Å². The largest absolute Gasteiger partial charge is 0.507 e. The molecule has 0 radical (unpaired) electrons. The molecule has 4 saturated heterocycles. The molecular weight excluding hydrogens is 795 g/mol. The van der Waals surface area contributed by atoms with Crippen LogP contribution in [0.2, 0.25) is 0 Å². The average molecular weight is 844 g/mol. The monoisotopic (exact) mass is 842 g/mol. The number of likely N-dealkylation sites (tertiary alicyclic amines) is 1. The summed E-state index contributed by atoms with van der Waals surface area (Å²) < 4.78 is 33.7. The van der Waals surface area contributed by atoms with Gasteiger partial charge in [0, 0.05) is 17.2 Å². The van der Waals surface area contributed by atoms with Crippen LogP contribution < -0.4 is 5.73 Å². The number of rotatable bonds is 15. The van der Waals surface area contributed by atoms with E-state index in [-0.39, 0.29) is 0 Å². The number of ether oxygens (including phenoxy) is 6. The minimum atomic E-state index is -1.86. The first-order valence-electron chi connectivity index (χ1n) is 17.8. The van der Waals surface area contributed by atoms with Crippen molar-refractivity contribution in [3.63, 3.8) is 0 Å². The molecule has 17 nitrogen and oxygen atoms in total. The summed E-state index contributed by atoms with van der Waals surface area (Å²) in [5, 5.41) is 65.7. The van der Waals surface area contributed by atoms with Gasteiger partial charge in [-0.2, -0.15) is 0 Å². The highest BCUT2D eigenvalue weighted by Crippen LogP contribution is 2.35. The summed E-state index contributed by atoms with van der Waals surface area (Å²) in [6.45, 7) is 2.38. The average Bonchev–Trinajstić information content (AvgIpc) is 3.56. The lowest BCUT2D eigenvalue weighted by atomic mass is 10.0. The SMILES string of the molecule is CO[C@@H]1[C@H](O[C@@H]2CO[C@@H](O[C@@H]3C(N4C(=O)/C(=C(O)/C=C/C=C/C=C/C=C(Cl)/C=C/C=C/C=C(/C)Cl)C(=O)[C@@H]4CC(N)=O)OC[C@@H](O)[C@H]3O)[C@@H](O)[C@H]2O)O[C@H](C)[C@H]1O. The molecule has 0 aromatic rings. The van der Waals surface area contributed by atoms with E-state index >= 15 is 0 Å². The molecule has 0 saturated carbocycles. The lowest BCUT2D eigenvalue weighted by Gasteiger charge is -2.46. The van der Waals surface area contributed by atoms with Gasteiger partial charge in [-0.05, 0) is 38.2 Å². The molecule has 0 aliphatic carbocycles.